The van der Waals surface area contributed by atoms with Gasteiger partial charge in [0.1, 0.15) is 10.6 Å². The van der Waals surface area contributed by atoms with Gasteiger partial charge < -0.3 is 10.1 Å². The van der Waals surface area contributed by atoms with Crippen LogP contribution in [0.5, 0.6) is 5.75 Å². The minimum atomic E-state index is -3.82. The van der Waals surface area contributed by atoms with E-state index in [1.54, 1.807) is 24.3 Å². The second-order valence-corrected chi connectivity index (χ2v) is 8.85. The molecule has 0 spiro atoms. The van der Waals surface area contributed by atoms with E-state index in [2.05, 4.69) is 10.0 Å². The van der Waals surface area contributed by atoms with Crippen LogP contribution in [0, 0.1) is 0 Å². The molecule has 0 atom stereocenters. The van der Waals surface area contributed by atoms with Crippen LogP contribution in [0.4, 0.5) is 5.69 Å². The third-order valence-corrected chi connectivity index (χ3v) is 6.64. The maximum absolute atomic E-state index is 12.9. The zero-order chi connectivity index (χ0) is 20.1. The molecule has 2 aromatic carbocycles. The van der Waals surface area contributed by atoms with E-state index in [1.165, 1.54) is 25.3 Å². The van der Waals surface area contributed by atoms with Gasteiger partial charge in [0.05, 0.1) is 17.8 Å². The Morgan fingerprint density at radius 2 is 1.82 bits per heavy atom. The van der Waals surface area contributed by atoms with E-state index < -0.39 is 15.9 Å². The maximum atomic E-state index is 12.9. The molecule has 0 radical (unpaired) electrons. The molecule has 1 saturated carbocycles. The molecule has 1 aliphatic rings. The number of anilines is 1. The molecule has 0 bridgehead atoms. The van der Waals surface area contributed by atoms with E-state index in [0.29, 0.717) is 10.7 Å². The van der Waals surface area contributed by atoms with Gasteiger partial charge in [-0.15, -0.1) is 0 Å². The number of para-hydroxylation sites is 1. The predicted octanol–water partition coefficient (Wildman–Crippen LogP) is 4.21. The first-order chi connectivity index (χ1) is 13.4. The molecule has 28 heavy (non-hydrogen) atoms. The molecule has 2 aromatic rings. The fraction of sp³-hybridized carbons (Fsp3) is 0.350. The summed E-state index contributed by atoms with van der Waals surface area (Å²) in [5.74, 6) is -0.262. The van der Waals surface area contributed by atoms with Crippen molar-refractivity contribution in [3.8, 4) is 5.75 Å². The lowest BCUT2D eigenvalue weighted by Gasteiger charge is -2.23. The molecule has 0 saturated heterocycles. The SMILES string of the molecule is COc1ccc(C(=O)Nc2ccccc2Cl)cc1S(=O)(=O)NC1CCCCC1. The normalized spacial score (nSPS) is 15.2. The summed E-state index contributed by atoms with van der Waals surface area (Å²) in [7, 11) is -2.42. The number of carbonyl (C=O) groups is 1. The number of nitrogens with one attached hydrogen (secondary N) is 2. The van der Waals surface area contributed by atoms with Crippen LogP contribution in [0.1, 0.15) is 42.5 Å². The summed E-state index contributed by atoms with van der Waals surface area (Å²) in [6.07, 6.45) is 4.76. The van der Waals surface area contributed by atoms with Gasteiger partial charge in [-0.2, -0.15) is 0 Å². The highest BCUT2D eigenvalue weighted by molar-refractivity contribution is 7.89. The van der Waals surface area contributed by atoms with Gasteiger partial charge in [-0.1, -0.05) is 43.0 Å². The van der Waals surface area contributed by atoms with Crippen molar-refractivity contribution in [3.63, 3.8) is 0 Å². The van der Waals surface area contributed by atoms with Crippen LogP contribution in [0.2, 0.25) is 5.02 Å². The molecule has 1 aliphatic carbocycles. The van der Waals surface area contributed by atoms with E-state index in [9.17, 15) is 13.2 Å². The molecule has 1 fully saturated rings. The number of halogens is 1. The van der Waals surface area contributed by atoms with Crippen LogP contribution in [0.25, 0.3) is 0 Å². The highest BCUT2D eigenvalue weighted by Crippen LogP contribution is 2.28. The van der Waals surface area contributed by atoms with Gasteiger partial charge in [0.15, 0.2) is 0 Å². The Morgan fingerprint density at radius 1 is 1.11 bits per heavy atom. The van der Waals surface area contributed by atoms with Crippen molar-refractivity contribution >= 4 is 33.2 Å². The molecule has 6 nitrogen and oxygen atoms in total. The number of sulfonamides is 1. The number of hydrogen-bond donors (Lipinski definition) is 2. The highest BCUT2D eigenvalue weighted by atomic mass is 35.5. The quantitative estimate of drug-likeness (QED) is 0.730. The average molecular weight is 423 g/mol. The smallest absolute Gasteiger partial charge is 0.255 e. The zero-order valence-electron chi connectivity index (χ0n) is 15.6. The maximum Gasteiger partial charge on any atom is 0.255 e. The minimum Gasteiger partial charge on any atom is -0.495 e. The Labute approximate surface area is 170 Å². The van der Waals surface area contributed by atoms with Gasteiger partial charge in [-0.3, -0.25) is 4.79 Å². The van der Waals surface area contributed by atoms with E-state index >= 15 is 0 Å². The van der Waals surface area contributed by atoms with Crippen molar-refractivity contribution in [3.05, 3.63) is 53.1 Å². The van der Waals surface area contributed by atoms with Crippen molar-refractivity contribution in [1.29, 1.82) is 0 Å². The van der Waals surface area contributed by atoms with E-state index in [1.807, 2.05) is 0 Å². The molecule has 0 aliphatic heterocycles. The number of carbonyl (C=O) groups excluding carboxylic acids is 1. The third kappa shape index (κ3) is 4.84. The summed E-state index contributed by atoms with van der Waals surface area (Å²) in [5.41, 5.74) is 0.652. The lowest BCUT2D eigenvalue weighted by Crippen LogP contribution is -2.36. The predicted molar refractivity (Wildman–Crippen MR) is 110 cm³/mol. The number of rotatable bonds is 6. The van der Waals surface area contributed by atoms with Crippen LogP contribution in [-0.4, -0.2) is 27.5 Å². The number of hydrogen-bond acceptors (Lipinski definition) is 4. The zero-order valence-corrected chi connectivity index (χ0v) is 17.1. The summed E-state index contributed by atoms with van der Waals surface area (Å²) in [5, 5.41) is 3.10. The first-order valence-electron chi connectivity index (χ1n) is 9.17. The molecular weight excluding hydrogens is 400 g/mol. The molecule has 0 unspecified atom stereocenters. The number of benzene rings is 2. The highest BCUT2D eigenvalue weighted by Gasteiger charge is 2.26. The second-order valence-electron chi connectivity index (χ2n) is 6.76. The largest absolute Gasteiger partial charge is 0.495 e. The van der Waals surface area contributed by atoms with Gasteiger partial charge >= 0.3 is 0 Å². The Kier molecular flexibility index (Phi) is 6.59. The van der Waals surface area contributed by atoms with E-state index in [0.717, 1.165) is 32.1 Å². The van der Waals surface area contributed by atoms with Gasteiger partial charge in [0.2, 0.25) is 10.0 Å². The fourth-order valence-corrected chi connectivity index (χ4v) is 4.97. The molecule has 0 heterocycles. The summed E-state index contributed by atoms with van der Waals surface area (Å²) >= 11 is 6.08. The fourth-order valence-electron chi connectivity index (χ4n) is 3.29. The standard InChI is InChI=1S/C20H23ClN2O4S/c1-27-18-12-11-14(20(24)22-17-10-6-5-9-16(17)21)13-19(18)28(25,26)23-15-7-3-2-4-8-15/h5-6,9-13,15,23H,2-4,7-8H2,1H3,(H,22,24). The van der Waals surface area contributed by atoms with Crippen molar-refractivity contribution in [2.24, 2.45) is 0 Å². The summed E-state index contributed by atoms with van der Waals surface area (Å²) in [6, 6.07) is 11.1. The van der Waals surface area contributed by atoms with Crippen LogP contribution < -0.4 is 14.8 Å². The Balaban J connectivity index is 1.87. The van der Waals surface area contributed by atoms with E-state index in [4.69, 9.17) is 16.3 Å². The van der Waals surface area contributed by atoms with Crippen molar-refractivity contribution < 1.29 is 17.9 Å². The first-order valence-corrected chi connectivity index (χ1v) is 11.0. The number of amides is 1. The van der Waals surface area contributed by atoms with E-state index in [-0.39, 0.29) is 22.3 Å². The number of ether oxygens (including phenoxy) is 1. The minimum absolute atomic E-state index is 0.0487. The molecule has 3 rings (SSSR count). The third-order valence-electron chi connectivity index (χ3n) is 4.76. The monoisotopic (exact) mass is 422 g/mol. The van der Waals surface area contributed by atoms with Crippen LogP contribution in [0.3, 0.4) is 0 Å². The van der Waals surface area contributed by atoms with Crippen molar-refractivity contribution in [1.82, 2.24) is 4.72 Å². The Bertz CT molecular complexity index is 956. The topological polar surface area (TPSA) is 84.5 Å². The lowest BCUT2D eigenvalue weighted by molar-refractivity contribution is 0.102. The second kappa shape index (κ2) is 8.94. The average Bonchev–Trinajstić information content (AvgIpc) is 2.69. The Hall–Kier alpha value is -2.09. The molecular formula is C20H23ClN2O4S. The van der Waals surface area contributed by atoms with Crippen LogP contribution in [-0.2, 0) is 10.0 Å². The Morgan fingerprint density at radius 3 is 2.50 bits per heavy atom. The first kappa shape index (κ1) is 20.6. The summed E-state index contributed by atoms with van der Waals surface area (Å²) < 4.78 is 33.8. The molecule has 0 aromatic heterocycles. The molecule has 150 valence electrons. The van der Waals surface area contributed by atoms with Crippen molar-refractivity contribution in [2.45, 2.75) is 43.0 Å². The van der Waals surface area contributed by atoms with Gasteiger partial charge in [-0.05, 0) is 43.2 Å². The van der Waals surface area contributed by atoms with Gasteiger partial charge in [0.25, 0.3) is 5.91 Å². The lowest BCUT2D eigenvalue weighted by atomic mass is 9.96. The number of methoxy groups -OCH3 is 1. The molecule has 1 amide bonds. The van der Waals surface area contributed by atoms with Gasteiger partial charge in [-0.25, -0.2) is 13.1 Å². The molecule has 8 heteroatoms. The van der Waals surface area contributed by atoms with Gasteiger partial charge in [0, 0.05) is 11.6 Å². The van der Waals surface area contributed by atoms with Crippen LogP contribution >= 0.6 is 11.6 Å². The van der Waals surface area contributed by atoms with Crippen molar-refractivity contribution in [2.75, 3.05) is 12.4 Å². The van der Waals surface area contributed by atoms with Crippen LogP contribution in [0.15, 0.2) is 47.4 Å². The molecule has 2 N–H and O–H groups in total. The summed E-state index contributed by atoms with van der Waals surface area (Å²) in [6.45, 7) is 0. The summed E-state index contributed by atoms with van der Waals surface area (Å²) in [4.78, 5) is 12.6.